The monoisotopic (exact) mass is 532 g/mol. The normalized spacial score (nSPS) is 16.0. The third-order valence-corrected chi connectivity index (χ3v) is 7.89. The van der Waals surface area contributed by atoms with E-state index in [0.717, 1.165) is 11.6 Å². The fourth-order valence-electron chi connectivity index (χ4n) is 4.23. The lowest BCUT2D eigenvalue weighted by Gasteiger charge is -2.37. The third-order valence-electron chi connectivity index (χ3n) is 6.21. The van der Waals surface area contributed by atoms with E-state index in [1.807, 2.05) is 30.3 Å². The average Bonchev–Trinajstić information content (AvgIpc) is 2.72. The Morgan fingerprint density at radius 3 is 2.34 bits per heavy atom. The average molecular weight is 533 g/mol. The van der Waals surface area contributed by atoms with Gasteiger partial charge in [0.25, 0.3) is 0 Å². The van der Waals surface area contributed by atoms with Crippen molar-refractivity contribution in [1.82, 2.24) is 9.21 Å². The molecule has 1 heterocycles. The molecule has 0 radical (unpaired) electrons. The minimum absolute atomic E-state index is 0.128. The molecular formula is C25H32ClF3N2O3S. The summed E-state index contributed by atoms with van der Waals surface area (Å²) < 4.78 is 70.3. The number of benzene rings is 2. The number of hydrogen-bond acceptors (Lipinski definition) is 4. The van der Waals surface area contributed by atoms with Gasteiger partial charge < -0.3 is 4.74 Å². The molecule has 0 aliphatic carbocycles. The molecule has 1 saturated heterocycles. The predicted molar refractivity (Wildman–Crippen MR) is 132 cm³/mol. The highest BCUT2D eigenvalue weighted by Crippen LogP contribution is 2.37. The van der Waals surface area contributed by atoms with E-state index in [-0.39, 0.29) is 23.1 Å². The van der Waals surface area contributed by atoms with Crippen LogP contribution in [0.4, 0.5) is 13.2 Å². The highest BCUT2D eigenvalue weighted by molar-refractivity contribution is 7.88. The summed E-state index contributed by atoms with van der Waals surface area (Å²) in [6, 6.07) is 14.0. The van der Waals surface area contributed by atoms with Crippen LogP contribution in [0.1, 0.15) is 37.0 Å². The predicted octanol–water partition coefficient (Wildman–Crippen LogP) is 5.19. The lowest BCUT2D eigenvalue weighted by Crippen LogP contribution is -2.54. The molecule has 10 heteroatoms. The second-order valence-electron chi connectivity index (χ2n) is 9.66. The smallest absolute Gasteiger partial charge is 0.375 e. The van der Waals surface area contributed by atoms with Crippen molar-refractivity contribution in [2.45, 2.75) is 44.5 Å². The van der Waals surface area contributed by atoms with E-state index >= 15 is 0 Å². The van der Waals surface area contributed by atoms with Crippen molar-refractivity contribution in [2.24, 2.45) is 0 Å². The second-order valence-corrected chi connectivity index (χ2v) is 12.0. The van der Waals surface area contributed by atoms with Crippen LogP contribution in [0, 0.1) is 0 Å². The molecule has 0 aromatic heterocycles. The molecule has 194 valence electrons. The minimum atomic E-state index is -4.52. The van der Waals surface area contributed by atoms with Crippen LogP contribution in [0.5, 0.6) is 0 Å². The van der Waals surface area contributed by atoms with Crippen molar-refractivity contribution in [3.63, 3.8) is 0 Å². The quantitative estimate of drug-likeness (QED) is 0.374. The molecule has 5 nitrogen and oxygen atoms in total. The molecule has 2 aromatic rings. The van der Waals surface area contributed by atoms with Gasteiger partial charge in [0, 0.05) is 44.7 Å². The summed E-state index contributed by atoms with van der Waals surface area (Å²) in [6.45, 7) is 6.81. The first-order valence-corrected chi connectivity index (χ1v) is 13.7. The van der Waals surface area contributed by atoms with Gasteiger partial charge in [0.2, 0.25) is 10.0 Å². The van der Waals surface area contributed by atoms with Crippen molar-refractivity contribution in [3.05, 3.63) is 70.2 Å². The summed E-state index contributed by atoms with van der Waals surface area (Å²) in [6.07, 6.45) is -2.82. The maximum Gasteiger partial charge on any atom is 0.417 e. The van der Waals surface area contributed by atoms with Gasteiger partial charge in [-0.25, -0.2) is 8.42 Å². The summed E-state index contributed by atoms with van der Waals surface area (Å²) in [5.74, 6) is 0. The number of halogens is 4. The Labute approximate surface area is 210 Å². The highest BCUT2D eigenvalue weighted by Gasteiger charge is 2.35. The van der Waals surface area contributed by atoms with Crippen LogP contribution in [0.3, 0.4) is 0 Å². The molecule has 1 aliphatic heterocycles. The number of hydrogen-bond donors (Lipinski definition) is 0. The van der Waals surface area contributed by atoms with E-state index in [4.69, 9.17) is 16.3 Å². The van der Waals surface area contributed by atoms with Crippen LogP contribution in [0.2, 0.25) is 5.02 Å². The van der Waals surface area contributed by atoms with Crippen molar-refractivity contribution in [3.8, 4) is 0 Å². The van der Waals surface area contributed by atoms with E-state index in [0.29, 0.717) is 44.8 Å². The van der Waals surface area contributed by atoms with Gasteiger partial charge in [-0.2, -0.15) is 17.5 Å². The maximum atomic E-state index is 13.4. The zero-order chi connectivity index (χ0) is 25.9. The number of ether oxygens (including phenoxy) is 1. The van der Waals surface area contributed by atoms with Crippen LogP contribution in [0.25, 0.3) is 0 Å². The van der Waals surface area contributed by atoms with Gasteiger partial charge >= 0.3 is 6.18 Å². The van der Waals surface area contributed by atoms with E-state index in [2.05, 4.69) is 18.7 Å². The molecule has 0 bridgehead atoms. The first-order valence-electron chi connectivity index (χ1n) is 11.5. The molecule has 0 atom stereocenters. The lowest BCUT2D eigenvalue weighted by atomic mass is 9.84. The molecule has 0 saturated carbocycles. The van der Waals surface area contributed by atoms with Gasteiger partial charge in [0.1, 0.15) is 0 Å². The van der Waals surface area contributed by atoms with Gasteiger partial charge in [0.15, 0.2) is 0 Å². The van der Waals surface area contributed by atoms with E-state index in [1.54, 1.807) is 6.07 Å². The lowest BCUT2D eigenvalue weighted by molar-refractivity contribution is -0.137. The molecule has 0 N–H and O–H groups in total. The maximum absolute atomic E-state index is 13.4. The van der Waals surface area contributed by atoms with Crippen molar-refractivity contribution < 1.29 is 26.3 Å². The Morgan fingerprint density at radius 1 is 1.09 bits per heavy atom. The number of nitrogens with zero attached hydrogens (tertiary/aromatic N) is 2. The van der Waals surface area contributed by atoms with Crippen LogP contribution < -0.4 is 0 Å². The molecule has 35 heavy (non-hydrogen) atoms. The highest BCUT2D eigenvalue weighted by atomic mass is 35.5. The Hall–Kier alpha value is -1.65. The zero-order valence-electron chi connectivity index (χ0n) is 20.2. The van der Waals surface area contributed by atoms with Crippen molar-refractivity contribution >= 4 is 21.6 Å². The molecule has 3 rings (SSSR count). The van der Waals surface area contributed by atoms with Crippen molar-refractivity contribution in [2.75, 3.05) is 39.0 Å². The van der Waals surface area contributed by atoms with Crippen LogP contribution >= 0.6 is 11.6 Å². The first kappa shape index (κ1) is 27.9. The van der Waals surface area contributed by atoms with E-state index in [9.17, 15) is 21.6 Å². The topological polar surface area (TPSA) is 49.9 Å². The SMILES string of the molecule is CC(C)(CN(CCCOC1CN(S(C)(=O)=O)C1)Cc1cccc(C(F)(F)F)c1Cl)c1ccccc1. The summed E-state index contributed by atoms with van der Waals surface area (Å²) in [5, 5.41) is -0.269. The molecule has 0 amide bonds. The zero-order valence-corrected chi connectivity index (χ0v) is 21.8. The van der Waals surface area contributed by atoms with Gasteiger partial charge in [-0.05, 0) is 23.6 Å². The molecular weight excluding hydrogens is 501 g/mol. The van der Waals surface area contributed by atoms with E-state index < -0.39 is 21.8 Å². The number of sulfonamides is 1. The third kappa shape index (κ3) is 7.67. The fourth-order valence-corrected chi connectivity index (χ4v) is 5.40. The Bertz CT molecular complexity index is 1090. The van der Waals surface area contributed by atoms with Crippen molar-refractivity contribution in [1.29, 1.82) is 0 Å². The van der Waals surface area contributed by atoms with Gasteiger partial charge in [-0.15, -0.1) is 0 Å². The second kappa shape index (κ2) is 11.2. The fraction of sp³-hybridized carbons (Fsp3) is 0.520. The molecule has 2 aromatic carbocycles. The summed E-state index contributed by atoms with van der Waals surface area (Å²) >= 11 is 6.18. The largest absolute Gasteiger partial charge is 0.417 e. The molecule has 1 fully saturated rings. The number of alkyl halides is 3. The Balaban J connectivity index is 1.67. The molecule has 0 unspecified atom stereocenters. The molecule has 1 aliphatic rings. The van der Waals surface area contributed by atoms with Gasteiger partial charge in [-0.1, -0.05) is 67.9 Å². The van der Waals surface area contributed by atoms with Crippen LogP contribution in [-0.4, -0.2) is 62.8 Å². The van der Waals surface area contributed by atoms with Gasteiger partial charge in [-0.3, -0.25) is 4.90 Å². The first-order chi connectivity index (χ1) is 16.3. The van der Waals surface area contributed by atoms with Gasteiger partial charge in [0.05, 0.1) is 22.9 Å². The Morgan fingerprint density at radius 2 is 1.74 bits per heavy atom. The molecule has 0 spiro atoms. The summed E-state index contributed by atoms with van der Waals surface area (Å²) in [4.78, 5) is 2.10. The minimum Gasteiger partial charge on any atom is -0.375 e. The summed E-state index contributed by atoms with van der Waals surface area (Å²) in [7, 11) is -3.19. The Kier molecular flexibility index (Phi) is 8.91. The standard InChI is InChI=1S/C25H32ClF3N2O3S/c1-24(2,20-10-5-4-6-11-20)18-30(13-8-14-34-21-16-31(17-21)35(3,32)33)15-19-9-7-12-22(23(19)26)25(27,28)29/h4-7,9-12,21H,8,13-18H2,1-3H3. The van der Waals surface area contributed by atoms with Crippen LogP contribution in [-0.2, 0) is 32.9 Å². The van der Waals surface area contributed by atoms with E-state index in [1.165, 1.54) is 16.6 Å². The number of rotatable bonds is 11. The summed E-state index contributed by atoms with van der Waals surface area (Å²) in [5.41, 5.74) is 0.476. The van der Waals surface area contributed by atoms with Crippen LogP contribution in [0.15, 0.2) is 48.5 Å².